The summed E-state index contributed by atoms with van der Waals surface area (Å²) in [5.74, 6) is 0.907. The van der Waals surface area contributed by atoms with Gasteiger partial charge in [-0.1, -0.05) is 0 Å². The first-order chi connectivity index (χ1) is 3.43. The fraction of sp³-hybridized carbons (Fsp3) is 1.00. The Hall–Kier alpha value is -0.0800. The number of rotatable bonds is 2. The van der Waals surface area contributed by atoms with Gasteiger partial charge in [-0.25, -0.2) is 0 Å². The van der Waals surface area contributed by atoms with Gasteiger partial charge in [0.1, 0.15) is 0 Å². The largest absolute Gasteiger partial charge is 0.319 e. The number of hydrogen-bond acceptors (Lipinski definition) is 2. The van der Waals surface area contributed by atoms with E-state index in [0.29, 0.717) is 0 Å². The fourth-order valence-electron chi connectivity index (χ4n) is 0.781. The van der Waals surface area contributed by atoms with Gasteiger partial charge in [-0.15, -0.1) is 0 Å². The van der Waals surface area contributed by atoms with Gasteiger partial charge in [0, 0.05) is 21.1 Å². The number of nitrogens with one attached hydrogen (secondary N) is 2. The Kier molecular flexibility index (Phi) is 1.65. The van der Waals surface area contributed by atoms with Crippen LogP contribution in [0, 0.1) is 5.92 Å². The summed E-state index contributed by atoms with van der Waals surface area (Å²) >= 11 is 0. The van der Waals surface area contributed by atoms with Crippen LogP contribution in [-0.2, 0) is 0 Å². The third kappa shape index (κ3) is 1.14. The van der Waals surface area contributed by atoms with Crippen LogP contribution in [0.25, 0.3) is 0 Å². The van der Waals surface area contributed by atoms with Gasteiger partial charge in [-0.05, 0) is 13.0 Å². The van der Waals surface area contributed by atoms with E-state index in [4.69, 9.17) is 0 Å². The normalized spacial score (nSPS) is 21.9. The van der Waals surface area contributed by atoms with Crippen molar-refractivity contribution in [1.82, 2.24) is 10.6 Å². The molecule has 0 unspecified atom stereocenters. The molecule has 0 radical (unpaired) electrons. The van der Waals surface area contributed by atoms with Crippen LogP contribution >= 0.6 is 0 Å². The van der Waals surface area contributed by atoms with Gasteiger partial charge in [-0.2, -0.15) is 0 Å². The highest BCUT2D eigenvalue weighted by Gasteiger charge is 2.13. The molecule has 44 valence electrons. The average molecular weight is 102 g/mol. The van der Waals surface area contributed by atoms with Crippen molar-refractivity contribution in [2.45, 2.75) is 0 Å². The maximum atomic E-state index is 3.21. The van der Waals surface area contributed by atoms with E-state index in [0.717, 1.165) is 5.92 Å². The SMILES string of the molecule is CNCC1CNC1.[HH]. The topological polar surface area (TPSA) is 24.1 Å². The van der Waals surface area contributed by atoms with Crippen LogP contribution in [0.4, 0.5) is 0 Å². The molecule has 1 saturated heterocycles. The third-order valence-electron chi connectivity index (χ3n) is 1.36. The summed E-state index contributed by atoms with van der Waals surface area (Å²) in [6.45, 7) is 3.59. The molecule has 0 aromatic carbocycles. The van der Waals surface area contributed by atoms with Gasteiger partial charge in [0.25, 0.3) is 0 Å². The molecule has 2 nitrogen and oxygen atoms in total. The maximum absolute atomic E-state index is 3.21. The second-order valence-corrected chi connectivity index (χ2v) is 2.08. The molecule has 0 aromatic rings. The van der Waals surface area contributed by atoms with Crippen LogP contribution in [0.15, 0.2) is 0 Å². The molecule has 2 heteroatoms. The second kappa shape index (κ2) is 2.28. The molecule has 0 saturated carbocycles. The van der Waals surface area contributed by atoms with Crippen molar-refractivity contribution in [3.05, 3.63) is 0 Å². The monoisotopic (exact) mass is 102 g/mol. The van der Waals surface area contributed by atoms with Gasteiger partial charge >= 0.3 is 0 Å². The summed E-state index contributed by atoms with van der Waals surface area (Å²) in [6, 6.07) is 0. The predicted molar refractivity (Wildman–Crippen MR) is 32.4 cm³/mol. The minimum absolute atomic E-state index is 0. The maximum Gasteiger partial charge on any atom is 0.000394 e. The summed E-state index contributed by atoms with van der Waals surface area (Å²) < 4.78 is 0. The molecular weight excluding hydrogens is 88.1 g/mol. The van der Waals surface area contributed by atoms with Gasteiger partial charge in [0.05, 0.1) is 0 Å². The molecule has 0 aromatic heterocycles. The van der Waals surface area contributed by atoms with Gasteiger partial charge < -0.3 is 10.6 Å². The molecule has 1 fully saturated rings. The van der Waals surface area contributed by atoms with Gasteiger partial charge in [-0.3, -0.25) is 0 Å². The van der Waals surface area contributed by atoms with E-state index < -0.39 is 0 Å². The lowest BCUT2D eigenvalue weighted by molar-refractivity contribution is 0.340. The minimum Gasteiger partial charge on any atom is -0.319 e. The quantitative estimate of drug-likeness (QED) is 0.499. The first kappa shape index (κ1) is 5.06. The summed E-state index contributed by atoms with van der Waals surface area (Å²) in [6.07, 6.45) is 0. The van der Waals surface area contributed by atoms with Gasteiger partial charge in [0.2, 0.25) is 0 Å². The Labute approximate surface area is 45.8 Å². The Morgan fingerprint density at radius 1 is 1.86 bits per heavy atom. The molecule has 1 rings (SSSR count). The molecule has 0 aliphatic carbocycles. The highest BCUT2D eigenvalue weighted by Crippen LogP contribution is 1.98. The first-order valence-electron chi connectivity index (χ1n) is 2.79. The molecular formula is C5H14N2. The molecule has 0 spiro atoms. The first-order valence-corrected chi connectivity index (χ1v) is 2.79. The molecule has 0 amide bonds. The van der Waals surface area contributed by atoms with E-state index in [9.17, 15) is 0 Å². The Bertz CT molecular complexity index is 54.4. The van der Waals surface area contributed by atoms with Crippen LogP contribution < -0.4 is 10.6 Å². The van der Waals surface area contributed by atoms with E-state index in [-0.39, 0.29) is 1.43 Å². The van der Waals surface area contributed by atoms with Crippen molar-refractivity contribution in [1.29, 1.82) is 0 Å². The standard InChI is InChI=1S/C5H12N2.H2/c1-6-2-5-3-7-4-5;/h5-7H,2-4H2,1H3;1H. The second-order valence-electron chi connectivity index (χ2n) is 2.08. The van der Waals surface area contributed by atoms with Crippen LogP contribution in [0.3, 0.4) is 0 Å². The third-order valence-corrected chi connectivity index (χ3v) is 1.36. The van der Waals surface area contributed by atoms with Crippen LogP contribution in [0.1, 0.15) is 1.43 Å². The fourth-order valence-corrected chi connectivity index (χ4v) is 0.781. The van der Waals surface area contributed by atoms with Crippen molar-refractivity contribution >= 4 is 0 Å². The summed E-state index contributed by atoms with van der Waals surface area (Å²) in [7, 11) is 2.00. The van der Waals surface area contributed by atoms with E-state index >= 15 is 0 Å². The van der Waals surface area contributed by atoms with E-state index in [2.05, 4.69) is 10.6 Å². The van der Waals surface area contributed by atoms with Crippen molar-refractivity contribution in [3.63, 3.8) is 0 Å². The summed E-state index contributed by atoms with van der Waals surface area (Å²) in [4.78, 5) is 0. The van der Waals surface area contributed by atoms with Crippen molar-refractivity contribution < 1.29 is 1.43 Å². The van der Waals surface area contributed by atoms with E-state index in [1.54, 1.807) is 0 Å². The lowest BCUT2D eigenvalue weighted by atomic mass is 10.0. The van der Waals surface area contributed by atoms with E-state index in [1.807, 2.05) is 7.05 Å². The molecule has 1 heterocycles. The zero-order chi connectivity index (χ0) is 5.11. The molecule has 1 aliphatic heterocycles. The Morgan fingerprint density at radius 2 is 2.57 bits per heavy atom. The zero-order valence-corrected chi connectivity index (χ0v) is 4.70. The van der Waals surface area contributed by atoms with Crippen molar-refractivity contribution in [2.75, 3.05) is 26.7 Å². The molecule has 0 atom stereocenters. The van der Waals surface area contributed by atoms with Gasteiger partial charge in [0.15, 0.2) is 0 Å². The zero-order valence-electron chi connectivity index (χ0n) is 4.70. The van der Waals surface area contributed by atoms with Crippen molar-refractivity contribution in [3.8, 4) is 0 Å². The average Bonchev–Trinajstić information content (AvgIpc) is 1.55. The van der Waals surface area contributed by atoms with Crippen LogP contribution in [-0.4, -0.2) is 26.7 Å². The minimum atomic E-state index is 0. The Morgan fingerprint density at radius 3 is 2.71 bits per heavy atom. The van der Waals surface area contributed by atoms with Crippen LogP contribution in [0.2, 0.25) is 0 Å². The lowest BCUT2D eigenvalue weighted by Crippen LogP contribution is -2.46. The molecule has 1 aliphatic rings. The number of hydrogen-bond donors (Lipinski definition) is 2. The molecule has 0 bridgehead atoms. The molecule has 7 heavy (non-hydrogen) atoms. The van der Waals surface area contributed by atoms with Crippen LogP contribution in [0.5, 0.6) is 0 Å². The summed E-state index contributed by atoms with van der Waals surface area (Å²) in [5, 5.41) is 6.34. The predicted octanol–water partition coefficient (Wildman–Crippen LogP) is -0.329. The lowest BCUT2D eigenvalue weighted by Gasteiger charge is -2.26. The van der Waals surface area contributed by atoms with E-state index in [1.165, 1.54) is 19.6 Å². The van der Waals surface area contributed by atoms with Crippen molar-refractivity contribution in [2.24, 2.45) is 5.92 Å². The smallest absolute Gasteiger partial charge is 0.000394 e. The summed E-state index contributed by atoms with van der Waals surface area (Å²) in [5.41, 5.74) is 0. The molecule has 2 N–H and O–H groups in total. The highest BCUT2D eigenvalue weighted by atomic mass is 15.0. The highest BCUT2D eigenvalue weighted by molar-refractivity contribution is 4.75. The Balaban J connectivity index is 0.000000490.